The molecule has 0 aliphatic carbocycles. The van der Waals surface area contributed by atoms with Crippen LogP contribution >= 0.6 is 0 Å². The lowest BCUT2D eigenvalue weighted by atomic mass is 9.99. The summed E-state index contributed by atoms with van der Waals surface area (Å²) in [7, 11) is 0. The fourth-order valence-corrected chi connectivity index (χ4v) is 3.08. The van der Waals surface area contributed by atoms with Crippen LogP contribution in [0.1, 0.15) is 33.4 Å². The smallest absolute Gasteiger partial charge is 0.124 e. The van der Waals surface area contributed by atoms with Gasteiger partial charge in [0.05, 0.1) is 13.2 Å². The van der Waals surface area contributed by atoms with E-state index in [0.29, 0.717) is 12.0 Å². The monoisotopic (exact) mass is 364 g/mol. The minimum atomic E-state index is 0.173. The zero-order valence-corrected chi connectivity index (χ0v) is 15.6. The molecule has 3 rings (SSSR count). The third-order valence-corrected chi connectivity index (χ3v) is 4.74. The minimum absolute atomic E-state index is 0.173. The summed E-state index contributed by atoms with van der Waals surface area (Å²) >= 11 is 0. The number of hydrogen-bond donors (Lipinski definition) is 3. The molecule has 0 heterocycles. The molecule has 0 aliphatic heterocycles. The predicted octanol–water partition coefficient (Wildman–Crippen LogP) is 4.73. The molecule has 0 saturated heterocycles. The van der Waals surface area contributed by atoms with E-state index in [-0.39, 0.29) is 30.5 Å². The highest BCUT2D eigenvalue weighted by Gasteiger charge is 2.12. The second-order valence-electron chi connectivity index (χ2n) is 6.76. The summed E-state index contributed by atoms with van der Waals surface area (Å²) in [5.41, 5.74) is 4.51. The molecule has 140 valence electrons. The average Bonchev–Trinajstić information content (AvgIpc) is 2.65. The van der Waals surface area contributed by atoms with E-state index in [4.69, 9.17) is 4.74 Å². The average molecular weight is 364 g/mol. The molecule has 3 N–H and O–H groups in total. The van der Waals surface area contributed by atoms with E-state index in [1.807, 2.05) is 68.4 Å². The van der Waals surface area contributed by atoms with Crippen LogP contribution in [0.4, 0.5) is 0 Å². The van der Waals surface area contributed by atoms with Crippen molar-refractivity contribution in [2.45, 2.75) is 33.5 Å². The first-order valence-corrected chi connectivity index (χ1v) is 8.89. The van der Waals surface area contributed by atoms with Crippen LogP contribution in [0.5, 0.6) is 17.2 Å². The highest BCUT2D eigenvalue weighted by atomic mass is 16.5. The number of rotatable bonds is 6. The fourth-order valence-electron chi connectivity index (χ4n) is 3.08. The van der Waals surface area contributed by atoms with Crippen LogP contribution in [-0.2, 0) is 24.4 Å². The van der Waals surface area contributed by atoms with E-state index in [0.717, 1.165) is 27.8 Å². The van der Waals surface area contributed by atoms with Gasteiger partial charge in [0.1, 0.15) is 17.2 Å². The van der Waals surface area contributed by atoms with Crippen LogP contribution in [-0.4, -0.2) is 15.3 Å². The van der Waals surface area contributed by atoms with Crippen molar-refractivity contribution in [3.63, 3.8) is 0 Å². The van der Waals surface area contributed by atoms with E-state index in [2.05, 4.69) is 0 Å². The van der Waals surface area contributed by atoms with Gasteiger partial charge in [-0.3, -0.25) is 0 Å². The lowest BCUT2D eigenvalue weighted by molar-refractivity contribution is 0.103. The topological polar surface area (TPSA) is 69.9 Å². The Morgan fingerprint density at radius 1 is 0.593 bits per heavy atom. The van der Waals surface area contributed by atoms with Gasteiger partial charge >= 0.3 is 0 Å². The summed E-state index contributed by atoms with van der Waals surface area (Å²) in [5, 5.41) is 30.9. The number of ether oxygens (including phenoxy) is 1. The van der Waals surface area contributed by atoms with E-state index >= 15 is 0 Å². The summed E-state index contributed by atoms with van der Waals surface area (Å²) in [4.78, 5) is 0. The Kier molecular flexibility index (Phi) is 5.67. The quantitative estimate of drug-likeness (QED) is 0.591. The van der Waals surface area contributed by atoms with E-state index in [1.165, 1.54) is 0 Å². The van der Waals surface area contributed by atoms with Crippen LogP contribution < -0.4 is 0 Å². The lowest BCUT2D eigenvalue weighted by Gasteiger charge is -2.13. The molecule has 0 unspecified atom stereocenters. The first kappa shape index (κ1) is 18.8. The Morgan fingerprint density at radius 2 is 1.00 bits per heavy atom. The van der Waals surface area contributed by atoms with E-state index in [1.54, 1.807) is 0 Å². The van der Waals surface area contributed by atoms with Crippen LogP contribution in [0.15, 0.2) is 54.6 Å². The van der Waals surface area contributed by atoms with Crippen molar-refractivity contribution < 1.29 is 20.1 Å². The largest absolute Gasteiger partial charge is 0.507 e. The second kappa shape index (κ2) is 8.14. The minimum Gasteiger partial charge on any atom is -0.507 e. The number of benzene rings is 3. The van der Waals surface area contributed by atoms with Crippen molar-refractivity contribution in [2.75, 3.05) is 0 Å². The van der Waals surface area contributed by atoms with Gasteiger partial charge in [0.15, 0.2) is 0 Å². The molecule has 3 aromatic rings. The van der Waals surface area contributed by atoms with Gasteiger partial charge in [-0.2, -0.15) is 0 Å². The third-order valence-electron chi connectivity index (χ3n) is 4.74. The number of aromatic hydroxyl groups is 3. The van der Waals surface area contributed by atoms with Gasteiger partial charge in [0, 0.05) is 17.5 Å². The standard InChI is InChI=1S/C23H24O4/c1-15-6-3-8-17(21(15)24)12-18-9-5-11-20(23(18)26)14-27-13-19-10-4-7-16(2)22(19)25/h3-11,24-26H,12-14H2,1-2H3. The normalized spacial score (nSPS) is 10.9. The van der Waals surface area contributed by atoms with Crippen molar-refractivity contribution in [3.8, 4) is 17.2 Å². The number of para-hydroxylation sites is 3. The Labute approximate surface area is 159 Å². The Hall–Kier alpha value is -2.98. The first-order valence-electron chi connectivity index (χ1n) is 8.89. The molecule has 27 heavy (non-hydrogen) atoms. The predicted molar refractivity (Wildman–Crippen MR) is 105 cm³/mol. The Balaban J connectivity index is 1.71. The van der Waals surface area contributed by atoms with Crippen LogP contribution in [0.3, 0.4) is 0 Å². The van der Waals surface area contributed by atoms with E-state index < -0.39 is 0 Å². The molecule has 0 saturated carbocycles. The summed E-state index contributed by atoms with van der Waals surface area (Å²) in [5.74, 6) is 0.672. The zero-order valence-electron chi connectivity index (χ0n) is 15.6. The number of phenols is 3. The van der Waals surface area contributed by atoms with Crippen LogP contribution in [0, 0.1) is 13.8 Å². The first-order chi connectivity index (χ1) is 13.0. The SMILES string of the molecule is Cc1cccc(COCc2cccc(Cc3cccc(C)c3O)c2O)c1O. The summed E-state index contributed by atoms with van der Waals surface area (Å²) in [6.07, 6.45) is 0.436. The van der Waals surface area contributed by atoms with Crippen molar-refractivity contribution in [3.05, 3.63) is 88.0 Å². The van der Waals surface area contributed by atoms with Gasteiger partial charge < -0.3 is 20.1 Å². The molecular formula is C23H24O4. The second-order valence-corrected chi connectivity index (χ2v) is 6.76. The Bertz CT molecular complexity index is 947. The molecule has 0 atom stereocenters. The molecular weight excluding hydrogens is 340 g/mol. The lowest BCUT2D eigenvalue weighted by Crippen LogP contribution is -1.98. The summed E-state index contributed by atoms with van der Waals surface area (Å²) in [6, 6.07) is 16.6. The molecule has 0 bridgehead atoms. The maximum absolute atomic E-state index is 10.6. The van der Waals surface area contributed by atoms with Gasteiger partial charge in [-0.1, -0.05) is 54.6 Å². The zero-order chi connectivity index (χ0) is 19.4. The van der Waals surface area contributed by atoms with Gasteiger partial charge in [-0.05, 0) is 36.1 Å². The van der Waals surface area contributed by atoms with Crippen molar-refractivity contribution in [2.24, 2.45) is 0 Å². The van der Waals surface area contributed by atoms with Gasteiger partial charge in [0.2, 0.25) is 0 Å². The van der Waals surface area contributed by atoms with Gasteiger partial charge in [0.25, 0.3) is 0 Å². The maximum atomic E-state index is 10.6. The number of aryl methyl sites for hydroxylation is 2. The molecule has 0 fully saturated rings. The van der Waals surface area contributed by atoms with Crippen LogP contribution in [0.2, 0.25) is 0 Å². The molecule has 4 heteroatoms. The molecule has 0 aliphatic rings. The van der Waals surface area contributed by atoms with Crippen molar-refractivity contribution in [1.82, 2.24) is 0 Å². The Morgan fingerprint density at radius 3 is 1.59 bits per heavy atom. The summed E-state index contributed by atoms with van der Waals surface area (Å²) in [6.45, 7) is 4.18. The molecule has 3 aromatic carbocycles. The molecule has 4 nitrogen and oxygen atoms in total. The third kappa shape index (κ3) is 4.23. The number of hydrogen-bond acceptors (Lipinski definition) is 4. The van der Waals surface area contributed by atoms with Crippen molar-refractivity contribution in [1.29, 1.82) is 0 Å². The summed E-state index contributed by atoms with van der Waals surface area (Å²) < 4.78 is 5.70. The van der Waals surface area contributed by atoms with Gasteiger partial charge in [-0.25, -0.2) is 0 Å². The molecule has 0 amide bonds. The molecule has 0 spiro atoms. The number of phenolic OH excluding ortho intramolecular Hbond substituents is 3. The molecule has 0 aromatic heterocycles. The maximum Gasteiger partial charge on any atom is 0.124 e. The highest BCUT2D eigenvalue weighted by molar-refractivity contribution is 5.47. The van der Waals surface area contributed by atoms with E-state index in [9.17, 15) is 15.3 Å². The molecule has 0 radical (unpaired) electrons. The van der Waals surface area contributed by atoms with Gasteiger partial charge in [-0.15, -0.1) is 0 Å². The van der Waals surface area contributed by atoms with Crippen molar-refractivity contribution >= 4 is 0 Å². The highest BCUT2D eigenvalue weighted by Crippen LogP contribution is 2.30. The fraction of sp³-hybridized carbons (Fsp3) is 0.217. The van der Waals surface area contributed by atoms with Crippen LogP contribution in [0.25, 0.3) is 0 Å².